The molecular weight excluding hydrogens is 450 g/mol. The fourth-order valence-electron chi connectivity index (χ4n) is 2.73. The van der Waals surface area contributed by atoms with Crippen molar-refractivity contribution in [1.29, 1.82) is 0 Å². The summed E-state index contributed by atoms with van der Waals surface area (Å²) in [5, 5.41) is 0. The van der Waals surface area contributed by atoms with Crippen molar-refractivity contribution in [2.45, 2.75) is 37.8 Å². The Balaban J connectivity index is 2.16. The minimum atomic E-state index is -4.56. The van der Waals surface area contributed by atoms with E-state index in [1.54, 1.807) is 0 Å². The fraction of sp³-hybridized carbons (Fsp3) is 0.615. The zero-order chi connectivity index (χ0) is 22.9. The molecule has 1 saturated heterocycles. The molecule has 0 spiro atoms. The van der Waals surface area contributed by atoms with Gasteiger partial charge >= 0.3 is 27.0 Å². The maximum absolute atomic E-state index is 12.0. The van der Waals surface area contributed by atoms with Gasteiger partial charge in [-0.1, -0.05) is 0 Å². The van der Waals surface area contributed by atoms with Gasteiger partial charge in [0.2, 0.25) is 0 Å². The average molecular weight is 472 g/mol. The minimum Gasteiger partial charge on any atom is -0.462 e. The average Bonchev–Trinajstić information content (AvgIpc) is 2.94. The lowest BCUT2D eigenvalue weighted by atomic mass is 10.2. The van der Waals surface area contributed by atoms with E-state index in [4.69, 9.17) is 35.0 Å². The van der Waals surface area contributed by atoms with Crippen molar-refractivity contribution in [2.75, 3.05) is 12.8 Å². The normalized spacial score (nSPS) is 24.9. The van der Waals surface area contributed by atoms with Crippen LogP contribution in [0.15, 0.2) is 15.8 Å². The molecule has 1 aliphatic rings. The molecule has 170 valence electrons. The van der Waals surface area contributed by atoms with Crippen molar-refractivity contribution in [3.8, 4) is 0 Å². The van der Waals surface area contributed by atoms with Crippen LogP contribution in [0.2, 0.25) is 0 Å². The molecular formula is C13H22N4O11P2. The summed E-state index contributed by atoms with van der Waals surface area (Å²) in [6.07, 6.45) is -3.32. The van der Waals surface area contributed by atoms with Crippen LogP contribution in [0.5, 0.6) is 0 Å². The number of aromatic amines is 1. The van der Waals surface area contributed by atoms with Crippen LogP contribution >= 0.6 is 15.3 Å². The van der Waals surface area contributed by atoms with E-state index in [1.165, 1.54) is 13.1 Å². The zero-order valence-corrected chi connectivity index (χ0v) is 17.4. The highest BCUT2D eigenvalue weighted by Crippen LogP contribution is 2.41. The number of aromatic nitrogens is 2. The highest BCUT2D eigenvalue weighted by atomic mass is 31.2. The van der Waals surface area contributed by atoms with Crippen LogP contribution in [-0.2, 0) is 27.9 Å². The van der Waals surface area contributed by atoms with Gasteiger partial charge < -0.3 is 29.9 Å². The number of carbonyl (C=O) groups excluding carboxylic acids is 1. The fourth-order valence-corrected chi connectivity index (χ4v) is 4.00. The van der Waals surface area contributed by atoms with Crippen LogP contribution in [0.1, 0.15) is 18.2 Å². The molecule has 0 saturated carbocycles. The van der Waals surface area contributed by atoms with Crippen LogP contribution in [0.25, 0.3) is 0 Å². The van der Waals surface area contributed by atoms with E-state index in [9.17, 15) is 28.4 Å². The Hall–Kier alpha value is -1.67. The number of esters is 1. The molecule has 2 rings (SSSR count). The van der Waals surface area contributed by atoms with Gasteiger partial charge in [-0.05, 0) is 6.92 Å². The monoisotopic (exact) mass is 472 g/mol. The summed E-state index contributed by atoms with van der Waals surface area (Å²) in [4.78, 5) is 64.5. The number of H-pyrrole nitrogens is 1. The molecule has 5 atom stereocenters. The van der Waals surface area contributed by atoms with Crippen molar-refractivity contribution in [3.63, 3.8) is 0 Å². The van der Waals surface area contributed by atoms with Gasteiger partial charge in [-0.25, -0.2) is 14.9 Å². The van der Waals surface area contributed by atoms with Gasteiger partial charge in [0.05, 0.1) is 6.16 Å². The Morgan fingerprint density at radius 2 is 2.03 bits per heavy atom. The van der Waals surface area contributed by atoms with Crippen LogP contribution in [0.3, 0.4) is 0 Å². The van der Waals surface area contributed by atoms with Crippen LogP contribution in [-0.4, -0.2) is 61.2 Å². The number of nitrogens with zero attached hydrogens (tertiary/aromatic N) is 1. The molecule has 1 fully saturated rings. The van der Waals surface area contributed by atoms with Crippen molar-refractivity contribution in [2.24, 2.45) is 11.2 Å². The molecule has 1 aromatic rings. The topological polar surface area (TPSA) is 246 Å². The first-order chi connectivity index (χ1) is 13.7. The summed E-state index contributed by atoms with van der Waals surface area (Å²) < 4.78 is 38.7. The second kappa shape index (κ2) is 9.22. The van der Waals surface area contributed by atoms with E-state index >= 15 is 0 Å². The number of nitrogens with one attached hydrogen (secondary N) is 1. The highest BCUT2D eigenvalue weighted by molar-refractivity contribution is 7.51. The second-order valence-electron chi connectivity index (χ2n) is 6.64. The van der Waals surface area contributed by atoms with Crippen LogP contribution < -0.4 is 22.5 Å². The van der Waals surface area contributed by atoms with Gasteiger partial charge in [0.1, 0.15) is 31.1 Å². The summed E-state index contributed by atoms with van der Waals surface area (Å²) in [6.45, 7) is 0.868. The lowest BCUT2D eigenvalue weighted by Gasteiger charge is -2.20. The number of rotatable bonds is 8. The Morgan fingerprint density at radius 3 is 2.60 bits per heavy atom. The maximum atomic E-state index is 12.0. The number of hydrogen-bond donors (Lipinski definition) is 6. The van der Waals surface area contributed by atoms with Crippen molar-refractivity contribution in [3.05, 3.63) is 32.6 Å². The second-order valence-corrected chi connectivity index (χ2v) is 9.67. The standard InChI is InChI=1S/C13H22N4O11P2/c1-6-3-17(13(20)16-11(6)18)10-2-8(28-30(15,24)25)9(27-10)4-26-12(19)7(14)5-29(21,22)23/h3,7-10H,2,4-5,14H2,1H3,(H3,15,24,25)(H,16,18,20)(H2,21,22,23)/t7-,8-,9+,10+/m0/s1. The van der Waals surface area contributed by atoms with Crippen molar-refractivity contribution in [1.82, 2.24) is 9.55 Å². The molecule has 30 heavy (non-hydrogen) atoms. The Labute approximate surface area is 168 Å². The SMILES string of the molecule is Cc1cn([C@H]2C[C@H](OP(N)(=O)O)[C@@H](COC(=O)[C@@H](N)CP(=O)(O)O)O2)c(=O)[nH]c1=O. The third kappa shape index (κ3) is 6.94. The van der Waals surface area contributed by atoms with Gasteiger partial charge in [-0.15, -0.1) is 0 Å². The van der Waals surface area contributed by atoms with E-state index in [2.05, 4.69) is 4.98 Å². The molecule has 0 aromatic carbocycles. The van der Waals surface area contributed by atoms with Crippen LogP contribution in [0, 0.1) is 6.92 Å². The predicted octanol–water partition coefficient (Wildman–Crippen LogP) is -2.37. The lowest BCUT2D eigenvalue weighted by molar-refractivity contribution is -0.151. The van der Waals surface area contributed by atoms with Crippen LogP contribution in [0.4, 0.5) is 0 Å². The summed E-state index contributed by atoms with van der Waals surface area (Å²) in [5.74, 6) is -1.15. The summed E-state index contributed by atoms with van der Waals surface area (Å²) >= 11 is 0. The molecule has 15 nitrogen and oxygen atoms in total. The molecule has 8 N–H and O–H groups in total. The third-order valence-corrected chi connectivity index (χ3v) is 5.49. The molecule has 1 aromatic heterocycles. The smallest absolute Gasteiger partial charge is 0.400 e. The molecule has 2 heterocycles. The molecule has 0 aliphatic carbocycles. The van der Waals surface area contributed by atoms with Crippen molar-refractivity contribution < 1.29 is 42.6 Å². The number of aryl methyl sites for hydroxylation is 1. The Kier molecular flexibility index (Phi) is 7.56. The first-order valence-electron chi connectivity index (χ1n) is 8.40. The summed E-state index contributed by atoms with van der Waals surface area (Å²) in [6, 6.07) is -1.62. The number of ether oxygens (including phenoxy) is 2. The van der Waals surface area contributed by atoms with Gasteiger partial charge in [0, 0.05) is 18.2 Å². The summed E-state index contributed by atoms with van der Waals surface area (Å²) in [7, 11) is -9.05. The van der Waals surface area contributed by atoms with Gasteiger partial charge in [-0.3, -0.25) is 28.2 Å². The quantitative estimate of drug-likeness (QED) is 0.171. The molecule has 0 amide bonds. The summed E-state index contributed by atoms with van der Waals surface area (Å²) in [5.41, 5.74) is 9.17. The minimum absolute atomic E-state index is 0.163. The van der Waals surface area contributed by atoms with E-state index in [1.807, 2.05) is 0 Å². The molecule has 0 radical (unpaired) electrons. The molecule has 1 aliphatic heterocycles. The third-order valence-electron chi connectivity index (χ3n) is 4.05. The highest BCUT2D eigenvalue weighted by Gasteiger charge is 2.41. The largest absolute Gasteiger partial charge is 0.462 e. The molecule has 0 bridgehead atoms. The van der Waals surface area contributed by atoms with Crippen molar-refractivity contribution >= 4 is 21.3 Å². The molecule has 17 heteroatoms. The Morgan fingerprint density at radius 1 is 1.40 bits per heavy atom. The number of carbonyl (C=O) groups is 1. The van der Waals surface area contributed by atoms with E-state index in [0.29, 0.717) is 0 Å². The predicted molar refractivity (Wildman–Crippen MR) is 99.3 cm³/mol. The first kappa shape index (κ1) is 24.6. The van der Waals surface area contributed by atoms with Gasteiger partial charge in [-0.2, -0.15) is 0 Å². The van der Waals surface area contributed by atoms with E-state index < -0.39 is 69.8 Å². The number of hydrogen-bond acceptors (Lipinski definition) is 9. The first-order valence-corrected chi connectivity index (χ1v) is 11.8. The lowest BCUT2D eigenvalue weighted by Crippen LogP contribution is -2.38. The Bertz CT molecular complexity index is 996. The van der Waals surface area contributed by atoms with Gasteiger partial charge in [0.15, 0.2) is 0 Å². The zero-order valence-electron chi connectivity index (χ0n) is 15.6. The number of nitrogens with two attached hydrogens (primary N) is 2. The van der Waals surface area contributed by atoms with Gasteiger partial charge in [0.25, 0.3) is 5.56 Å². The van der Waals surface area contributed by atoms with E-state index in [0.717, 1.165) is 4.57 Å². The van der Waals surface area contributed by atoms with E-state index in [-0.39, 0.29) is 12.0 Å². The molecule has 1 unspecified atom stereocenters. The maximum Gasteiger partial charge on any atom is 0.400 e.